The van der Waals surface area contributed by atoms with E-state index in [2.05, 4.69) is 20.3 Å². The van der Waals surface area contributed by atoms with Crippen LogP contribution in [0.15, 0.2) is 34.1 Å². The van der Waals surface area contributed by atoms with Gasteiger partial charge < -0.3 is 36.4 Å². The van der Waals surface area contributed by atoms with E-state index in [9.17, 15) is 29.2 Å². The largest absolute Gasteiger partial charge is 0.755 e. The van der Waals surface area contributed by atoms with Crippen molar-refractivity contribution in [1.82, 2.24) is 15.0 Å². The topological polar surface area (TPSA) is 234 Å². The lowest BCUT2D eigenvalue weighted by atomic mass is 10.1. The van der Waals surface area contributed by atoms with Gasteiger partial charge in [0.25, 0.3) is 5.56 Å². The molecule has 1 aromatic carbocycles. The molecular formula is C20H20N7O8-. The molecule has 2 amide bonds. The molecule has 2 aromatic rings. The Morgan fingerprint density at radius 2 is 1.91 bits per heavy atom. The van der Waals surface area contributed by atoms with Crippen molar-refractivity contribution in [2.45, 2.75) is 18.9 Å². The smallest absolute Gasteiger partial charge is 0.325 e. The van der Waals surface area contributed by atoms with Crippen LogP contribution in [0.5, 0.6) is 0 Å². The van der Waals surface area contributed by atoms with Gasteiger partial charge in [-0.2, -0.15) is 4.98 Å². The third-order valence-electron chi connectivity index (χ3n) is 4.97. The number of carboxylic acid groups (broad SMARTS) is 2. The van der Waals surface area contributed by atoms with E-state index in [4.69, 9.17) is 15.9 Å². The number of aliphatic imine (C=N–C) groups is 1. The molecule has 3 rings (SSSR count). The number of aromatic amines is 1. The molecular weight excluding hydrogens is 466 g/mol. The highest BCUT2D eigenvalue weighted by Crippen LogP contribution is 2.23. The Hall–Kier alpha value is -4.79. The number of benzene rings is 1. The monoisotopic (exact) mass is 486 g/mol. The van der Waals surface area contributed by atoms with Crippen LogP contribution in [-0.4, -0.2) is 74.3 Å². The lowest BCUT2D eigenvalue weighted by Crippen LogP contribution is -2.41. The van der Waals surface area contributed by atoms with Gasteiger partial charge in [-0.05, 0) is 30.7 Å². The molecule has 35 heavy (non-hydrogen) atoms. The van der Waals surface area contributed by atoms with E-state index in [0.717, 1.165) is 0 Å². The summed E-state index contributed by atoms with van der Waals surface area (Å²) in [6, 6.07) is 3.31. The molecule has 184 valence electrons. The van der Waals surface area contributed by atoms with Crippen molar-refractivity contribution in [2.24, 2.45) is 4.99 Å². The Morgan fingerprint density at radius 1 is 1.23 bits per heavy atom. The van der Waals surface area contributed by atoms with E-state index in [1.165, 1.54) is 29.2 Å². The summed E-state index contributed by atoms with van der Waals surface area (Å²) in [6.45, 7) is 0.166. The SMILES string of the molecule is Nc1nc2c(c(=O)[nH]1)N=C(CN(C=O)c1ccc(C(=O)N([O-])[C@@H](CCC(=O)O)C(=O)O)cc1)CN2. The number of amides is 2. The second-order valence-electron chi connectivity index (χ2n) is 7.38. The molecule has 0 unspecified atom stereocenters. The van der Waals surface area contributed by atoms with E-state index < -0.39 is 42.3 Å². The van der Waals surface area contributed by atoms with Gasteiger partial charge in [0.1, 0.15) is 6.04 Å². The van der Waals surface area contributed by atoms with Gasteiger partial charge in [0.15, 0.2) is 11.5 Å². The molecule has 1 aromatic heterocycles. The van der Waals surface area contributed by atoms with Crippen molar-refractivity contribution >= 4 is 53.1 Å². The fourth-order valence-electron chi connectivity index (χ4n) is 3.24. The van der Waals surface area contributed by atoms with Crippen molar-refractivity contribution in [2.75, 3.05) is 29.0 Å². The first-order valence-corrected chi connectivity index (χ1v) is 10.1. The number of rotatable bonds is 10. The Bertz CT molecular complexity index is 1240. The second-order valence-corrected chi connectivity index (χ2v) is 7.38. The molecule has 1 aliphatic rings. The molecule has 0 fully saturated rings. The second kappa shape index (κ2) is 10.4. The lowest BCUT2D eigenvalue weighted by Gasteiger charge is -2.34. The number of carbonyl (C=O) groups excluding carboxylic acids is 2. The normalized spacial score (nSPS) is 13.0. The summed E-state index contributed by atoms with van der Waals surface area (Å²) < 4.78 is 0. The quantitative estimate of drug-likeness (QED) is 0.217. The molecule has 6 N–H and O–H groups in total. The number of hydrogen-bond donors (Lipinski definition) is 5. The number of nitrogens with zero attached hydrogens (tertiary/aromatic N) is 4. The van der Waals surface area contributed by atoms with Crippen LogP contribution in [-0.2, 0) is 14.4 Å². The highest BCUT2D eigenvalue weighted by atomic mass is 16.5. The van der Waals surface area contributed by atoms with Crippen molar-refractivity contribution < 1.29 is 29.4 Å². The molecule has 0 bridgehead atoms. The number of nitrogens with two attached hydrogens (primary N) is 1. The zero-order valence-corrected chi connectivity index (χ0v) is 18.0. The molecule has 2 heterocycles. The van der Waals surface area contributed by atoms with Crippen LogP contribution in [0.1, 0.15) is 23.2 Å². The number of fused-ring (bicyclic) bond motifs is 1. The van der Waals surface area contributed by atoms with Crippen LogP contribution in [0, 0.1) is 5.21 Å². The third kappa shape index (κ3) is 5.77. The third-order valence-corrected chi connectivity index (χ3v) is 4.97. The van der Waals surface area contributed by atoms with Crippen LogP contribution >= 0.6 is 0 Å². The standard InChI is InChI=1S/C20H20N7O8/c21-20-24-16-15(17(31)25-20)23-11(7-22-16)8-26(9-28)12-3-1-10(2-4-12)18(32)27(35)13(19(33)34)5-6-14(29)30/h1-4,9,13H,5-8H2,(H,29,30)(H,33,34)(H4,21,22,24,25,31)/q-1/t13-/m0/s1. The molecule has 0 saturated carbocycles. The Balaban J connectivity index is 1.74. The molecule has 0 spiro atoms. The van der Waals surface area contributed by atoms with Crippen molar-refractivity contribution in [3.05, 3.63) is 45.4 Å². The molecule has 0 aliphatic carbocycles. The van der Waals surface area contributed by atoms with E-state index >= 15 is 0 Å². The average Bonchev–Trinajstić information content (AvgIpc) is 2.82. The number of H-pyrrole nitrogens is 1. The number of aromatic nitrogens is 2. The maximum absolute atomic E-state index is 12.4. The summed E-state index contributed by atoms with van der Waals surface area (Å²) >= 11 is 0. The van der Waals surface area contributed by atoms with Crippen LogP contribution in [0.3, 0.4) is 0 Å². The van der Waals surface area contributed by atoms with Crippen LogP contribution in [0.25, 0.3) is 0 Å². The van der Waals surface area contributed by atoms with Gasteiger partial charge >= 0.3 is 11.9 Å². The summed E-state index contributed by atoms with van der Waals surface area (Å²) in [5.41, 5.74) is 5.55. The first-order valence-electron chi connectivity index (χ1n) is 10.1. The molecule has 15 nitrogen and oxygen atoms in total. The lowest BCUT2D eigenvalue weighted by molar-refractivity contribution is -0.142. The van der Waals surface area contributed by atoms with Gasteiger partial charge in [-0.1, -0.05) is 0 Å². The Morgan fingerprint density at radius 3 is 2.51 bits per heavy atom. The molecule has 1 atom stereocenters. The van der Waals surface area contributed by atoms with Crippen LogP contribution in [0.2, 0.25) is 0 Å². The fourth-order valence-corrected chi connectivity index (χ4v) is 3.24. The number of hydroxylamine groups is 2. The molecule has 0 radical (unpaired) electrons. The van der Waals surface area contributed by atoms with Crippen molar-refractivity contribution in [3.8, 4) is 0 Å². The van der Waals surface area contributed by atoms with E-state index in [1.54, 1.807) is 0 Å². The minimum atomic E-state index is -1.86. The minimum absolute atomic E-state index is 0.0127. The highest BCUT2D eigenvalue weighted by Gasteiger charge is 2.25. The number of aliphatic carboxylic acids is 2. The number of nitrogen functional groups attached to an aromatic ring is 1. The predicted octanol–water partition coefficient (Wildman–Crippen LogP) is -0.229. The summed E-state index contributed by atoms with van der Waals surface area (Å²) in [7, 11) is 0. The Labute approximate surface area is 196 Å². The van der Waals surface area contributed by atoms with Crippen LogP contribution in [0.4, 0.5) is 23.1 Å². The molecule has 15 heteroatoms. The fraction of sp³-hybridized carbons (Fsp3) is 0.250. The first-order chi connectivity index (χ1) is 16.6. The van der Waals surface area contributed by atoms with Crippen LogP contribution < -0.4 is 21.5 Å². The van der Waals surface area contributed by atoms with Gasteiger partial charge in [-0.15, -0.1) is 0 Å². The number of carbonyl (C=O) groups is 4. The molecule has 1 aliphatic heterocycles. The number of carboxylic acids is 2. The first kappa shape index (κ1) is 24.8. The molecule has 0 saturated heterocycles. The van der Waals surface area contributed by atoms with Gasteiger partial charge in [0.05, 0.1) is 18.8 Å². The zero-order chi connectivity index (χ0) is 25.7. The predicted molar refractivity (Wildman–Crippen MR) is 123 cm³/mol. The number of hydrogen-bond acceptors (Lipinski definition) is 10. The summed E-state index contributed by atoms with van der Waals surface area (Å²) in [6.07, 6.45) is -0.650. The van der Waals surface area contributed by atoms with Gasteiger partial charge in [-0.3, -0.25) is 29.0 Å². The van der Waals surface area contributed by atoms with Crippen molar-refractivity contribution in [1.29, 1.82) is 0 Å². The number of nitrogens with one attached hydrogen (secondary N) is 2. The zero-order valence-electron chi connectivity index (χ0n) is 18.0. The summed E-state index contributed by atoms with van der Waals surface area (Å²) in [5.74, 6) is -3.96. The van der Waals surface area contributed by atoms with Gasteiger partial charge in [-0.25, -0.2) is 4.99 Å². The van der Waals surface area contributed by atoms with Gasteiger partial charge in [0, 0.05) is 17.7 Å². The maximum atomic E-state index is 12.4. The van der Waals surface area contributed by atoms with E-state index in [1.807, 2.05) is 0 Å². The van der Waals surface area contributed by atoms with Crippen molar-refractivity contribution in [3.63, 3.8) is 0 Å². The summed E-state index contributed by atoms with van der Waals surface area (Å²) in [4.78, 5) is 69.8. The average molecular weight is 486 g/mol. The minimum Gasteiger partial charge on any atom is -0.755 e. The Kier molecular flexibility index (Phi) is 7.40. The highest BCUT2D eigenvalue weighted by molar-refractivity contribution is 6.01. The summed E-state index contributed by atoms with van der Waals surface area (Å²) in [5, 5.41) is 32.7. The van der Waals surface area contributed by atoms with E-state index in [0.29, 0.717) is 17.8 Å². The van der Waals surface area contributed by atoms with E-state index in [-0.39, 0.29) is 41.2 Å². The maximum Gasteiger partial charge on any atom is 0.325 e. The van der Waals surface area contributed by atoms with Gasteiger partial charge in [0.2, 0.25) is 18.3 Å². The number of anilines is 3.